The fourth-order valence-corrected chi connectivity index (χ4v) is 7.00. The molecule has 4 rings (SSSR count). The first-order chi connectivity index (χ1) is 17.2. The van der Waals surface area contributed by atoms with Crippen LogP contribution in [0.15, 0.2) is 12.7 Å². The summed E-state index contributed by atoms with van der Waals surface area (Å²) >= 11 is 0. The lowest BCUT2D eigenvalue weighted by Crippen LogP contribution is -2.60. The topological polar surface area (TPSA) is 120 Å². The van der Waals surface area contributed by atoms with Gasteiger partial charge in [-0.3, -0.25) is 19.3 Å². The van der Waals surface area contributed by atoms with E-state index in [0.29, 0.717) is 52.1 Å². The minimum Gasteiger partial charge on any atom is -0.481 e. The van der Waals surface area contributed by atoms with E-state index in [2.05, 4.69) is 11.5 Å². The molecule has 4 aliphatic rings. The standard InChI is InChI=1S/C26H41N3O7/c1-5-9-28(11-10-27-12-14-35-15-13-27)23(32)21-26-8-7-25(6-2,36-26)20(24(33)34)19(26)22(31)29(21)18(16-30)17(3)4/h5,17-21,30H,1,6-16H2,2-4H3,(H,33,34)/t18-,19-,20+,21?,25-,26?/m0/s1. The smallest absolute Gasteiger partial charge is 0.310 e. The number of aliphatic carboxylic acids is 1. The molecule has 4 fully saturated rings. The molecule has 2 N–H and O–H groups in total. The van der Waals surface area contributed by atoms with Gasteiger partial charge in [0, 0.05) is 32.7 Å². The van der Waals surface area contributed by atoms with Gasteiger partial charge in [-0.2, -0.15) is 0 Å². The van der Waals surface area contributed by atoms with E-state index in [9.17, 15) is 24.6 Å². The van der Waals surface area contributed by atoms with Crippen LogP contribution in [0.5, 0.6) is 0 Å². The third-order valence-corrected chi connectivity index (χ3v) is 8.88. The predicted molar refractivity (Wildman–Crippen MR) is 131 cm³/mol. The average Bonchev–Trinajstić information content (AvgIpc) is 3.46. The zero-order chi connectivity index (χ0) is 26.3. The van der Waals surface area contributed by atoms with E-state index in [1.165, 1.54) is 4.90 Å². The Balaban J connectivity index is 1.72. The third kappa shape index (κ3) is 4.15. The summed E-state index contributed by atoms with van der Waals surface area (Å²) in [6, 6.07) is -1.61. The number of rotatable bonds is 11. The van der Waals surface area contributed by atoms with E-state index in [0.717, 1.165) is 13.1 Å². The first-order valence-corrected chi connectivity index (χ1v) is 13.2. The number of hydrogen-bond donors (Lipinski definition) is 2. The Bertz CT molecular complexity index is 876. The van der Waals surface area contributed by atoms with Crippen LogP contribution in [0, 0.1) is 17.8 Å². The molecule has 202 valence electrons. The van der Waals surface area contributed by atoms with E-state index in [1.54, 1.807) is 11.0 Å². The molecule has 0 aliphatic carbocycles. The van der Waals surface area contributed by atoms with Crippen LogP contribution in [0.4, 0.5) is 0 Å². The van der Waals surface area contributed by atoms with E-state index >= 15 is 0 Å². The van der Waals surface area contributed by atoms with Crippen LogP contribution < -0.4 is 0 Å². The summed E-state index contributed by atoms with van der Waals surface area (Å²) in [6.45, 7) is 13.5. The van der Waals surface area contributed by atoms with Gasteiger partial charge in [-0.05, 0) is 25.2 Å². The number of carboxylic acids is 1. The molecule has 2 unspecified atom stereocenters. The summed E-state index contributed by atoms with van der Waals surface area (Å²) in [5, 5.41) is 20.5. The second-order valence-electron chi connectivity index (χ2n) is 10.9. The lowest BCUT2D eigenvalue weighted by atomic mass is 9.65. The summed E-state index contributed by atoms with van der Waals surface area (Å²) < 4.78 is 12.0. The Hall–Kier alpha value is -2.01. The van der Waals surface area contributed by atoms with E-state index in [4.69, 9.17) is 9.47 Å². The van der Waals surface area contributed by atoms with Gasteiger partial charge in [0.1, 0.15) is 17.6 Å². The molecule has 4 aliphatic heterocycles. The van der Waals surface area contributed by atoms with Crippen molar-refractivity contribution in [1.29, 1.82) is 0 Å². The Labute approximate surface area is 213 Å². The summed E-state index contributed by atoms with van der Waals surface area (Å²) in [5.74, 6) is -3.82. The number of aliphatic hydroxyl groups excluding tert-OH is 1. The SMILES string of the molecule is C=CCN(CCN1CCOCC1)C(=O)C1N([C@@H](CO)C(C)C)C(=O)[C@@H]2[C@H](C(=O)O)[C@]3(CC)CCC12O3. The van der Waals surface area contributed by atoms with Crippen molar-refractivity contribution in [3.8, 4) is 0 Å². The van der Waals surface area contributed by atoms with Gasteiger partial charge < -0.3 is 29.5 Å². The minimum absolute atomic E-state index is 0.133. The highest BCUT2D eigenvalue weighted by molar-refractivity contribution is 5.98. The molecule has 0 aromatic heterocycles. The zero-order valence-electron chi connectivity index (χ0n) is 21.7. The van der Waals surface area contributed by atoms with Gasteiger partial charge >= 0.3 is 5.97 Å². The molecule has 6 atom stereocenters. The summed E-state index contributed by atoms with van der Waals surface area (Å²) in [4.78, 5) is 46.2. The molecule has 1 spiro atoms. The number of morpholine rings is 1. The van der Waals surface area contributed by atoms with Crippen molar-refractivity contribution < 1.29 is 34.1 Å². The van der Waals surface area contributed by atoms with Crippen molar-refractivity contribution in [2.75, 3.05) is 52.5 Å². The largest absolute Gasteiger partial charge is 0.481 e. The average molecular weight is 508 g/mol. The second kappa shape index (κ2) is 10.4. The van der Waals surface area contributed by atoms with Gasteiger partial charge in [0.2, 0.25) is 11.8 Å². The molecule has 36 heavy (non-hydrogen) atoms. The minimum atomic E-state index is -1.21. The first kappa shape index (κ1) is 27.0. The van der Waals surface area contributed by atoms with Crippen LogP contribution in [-0.2, 0) is 23.9 Å². The number of amides is 2. The van der Waals surface area contributed by atoms with Crippen molar-refractivity contribution >= 4 is 17.8 Å². The highest BCUT2D eigenvalue weighted by Crippen LogP contribution is 2.64. The monoisotopic (exact) mass is 507 g/mol. The summed E-state index contributed by atoms with van der Waals surface area (Å²) in [6.07, 6.45) is 3.05. The zero-order valence-corrected chi connectivity index (χ0v) is 21.7. The number of aliphatic hydroxyl groups is 1. The Morgan fingerprint density at radius 2 is 1.97 bits per heavy atom. The van der Waals surface area contributed by atoms with Crippen molar-refractivity contribution in [2.24, 2.45) is 17.8 Å². The molecule has 0 aromatic rings. The number of fused-ring (bicyclic) bond motifs is 1. The molecule has 4 heterocycles. The number of hydrogen-bond acceptors (Lipinski definition) is 7. The fraction of sp³-hybridized carbons (Fsp3) is 0.808. The molecular formula is C26H41N3O7. The maximum Gasteiger partial charge on any atom is 0.310 e. The molecule has 10 heteroatoms. The molecule has 2 amide bonds. The van der Waals surface area contributed by atoms with Crippen LogP contribution in [0.25, 0.3) is 0 Å². The molecule has 10 nitrogen and oxygen atoms in total. The molecule has 0 aromatic carbocycles. The number of likely N-dealkylation sites (tertiary alicyclic amines) is 1. The lowest BCUT2D eigenvalue weighted by molar-refractivity contribution is -0.161. The third-order valence-electron chi connectivity index (χ3n) is 8.88. The fourth-order valence-electron chi connectivity index (χ4n) is 7.00. The highest BCUT2D eigenvalue weighted by atomic mass is 16.5. The summed E-state index contributed by atoms with van der Waals surface area (Å²) in [5.41, 5.74) is -2.17. The number of ether oxygens (including phenoxy) is 2. The number of carboxylic acid groups (broad SMARTS) is 1. The predicted octanol–water partition coefficient (Wildman–Crippen LogP) is 0.590. The van der Waals surface area contributed by atoms with Crippen LogP contribution in [0.1, 0.15) is 40.0 Å². The Morgan fingerprint density at radius 3 is 2.53 bits per heavy atom. The lowest BCUT2D eigenvalue weighted by Gasteiger charge is -2.41. The van der Waals surface area contributed by atoms with Crippen molar-refractivity contribution in [3.05, 3.63) is 12.7 Å². The van der Waals surface area contributed by atoms with Gasteiger partial charge in [0.15, 0.2) is 0 Å². The van der Waals surface area contributed by atoms with Crippen LogP contribution in [0.2, 0.25) is 0 Å². The van der Waals surface area contributed by atoms with Crippen LogP contribution in [0.3, 0.4) is 0 Å². The molecule has 4 saturated heterocycles. The number of carbonyl (C=O) groups excluding carboxylic acids is 2. The van der Waals surface area contributed by atoms with E-state index in [1.807, 2.05) is 20.8 Å². The maximum atomic E-state index is 14.3. The summed E-state index contributed by atoms with van der Waals surface area (Å²) in [7, 11) is 0. The second-order valence-corrected chi connectivity index (χ2v) is 10.9. The molecule has 2 bridgehead atoms. The van der Waals surface area contributed by atoms with E-state index < -0.39 is 47.0 Å². The van der Waals surface area contributed by atoms with Gasteiger partial charge in [0.05, 0.1) is 37.4 Å². The first-order valence-electron chi connectivity index (χ1n) is 13.2. The number of nitrogens with zero attached hydrogens (tertiary/aromatic N) is 3. The maximum absolute atomic E-state index is 14.3. The van der Waals surface area contributed by atoms with Crippen molar-refractivity contribution in [1.82, 2.24) is 14.7 Å². The van der Waals surface area contributed by atoms with Gasteiger partial charge in [-0.1, -0.05) is 26.8 Å². The van der Waals surface area contributed by atoms with Gasteiger partial charge in [-0.25, -0.2) is 0 Å². The van der Waals surface area contributed by atoms with Gasteiger partial charge in [0.25, 0.3) is 0 Å². The van der Waals surface area contributed by atoms with Crippen LogP contribution in [-0.4, -0.2) is 119 Å². The highest BCUT2D eigenvalue weighted by Gasteiger charge is 2.79. The molecule has 0 radical (unpaired) electrons. The van der Waals surface area contributed by atoms with E-state index in [-0.39, 0.29) is 18.4 Å². The quantitative estimate of drug-likeness (QED) is 0.390. The Kier molecular flexibility index (Phi) is 7.81. The van der Waals surface area contributed by atoms with Crippen molar-refractivity contribution in [2.45, 2.75) is 63.3 Å². The normalized spacial score (nSPS) is 34.8. The molecular weight excluding hydrogens is 466 g/mol. The molecule has 0 saturated carbocycles. The van der Waals surface area contributed by atoms with Gasteiger partial charge in [-0.15, -0.1) is 6.58 Å². The Morgan fingerprint density at radius 1 is 1.28 bits per heavy atom. The number of carbonyl (C=O) groups is 3. The van der Waals surface area contributed by atoms with Crippen molar-refractivity contribution in [3.63, 3.8) is 0 Å². The van der Waals surface area contributed by atoms with Crippen LogP contribution >= 0.6 is 0 Å².